The highest BCUT2D eigenvalue weighted by atomic mass is 19.1. The predicted molar refractivity (Wildman–Crippen MR) is 103 cm³/mol. The minimum absolute atomic E-state index is 0.208. The minimum Gasteiger partial charge on any atom is -0.311 e. The summed E-state index contributed by atoms with van der Waals surface area (Å²) in [5.74, 6) is -0.938. The summed E-state index contributed by atoms with van der Waals surface area (Å²) < 4.78 is 13.8. The van der Waals surface area contributed by atoms with E-state index in [0.29, 0.717) is 24.0 Å². The monoisotopic (exact) mass is 373 g/mol. The molecule has 3 N–H and O–H groups in total. The van der Waals surface area contributed by atoms with Crippen LogP contribution in [0.15, 0.2) is 36.5 Å². The average molecular weight is 373 g/mol. The number of unbranched alkanes of at least 4 members (excludes halogenated alkanes) is 1. The van der Waals surface area contributed by atoms with Gasteiger partial charge in [0.2, 0.25) is 5.91 Å². The van der Waals surface area contributed by atoms with E-state index in [1.54, 1.807) is 37.7 Å². The Morgan fingerprint density at radius 2 is 1.96 bits per heavy atom. The lowest BCUT2D eigenvalue weighted by atomic mass is 9.91. The Balaban J connectivity index is 1.80. The highest BCUT2D eigenvalue weighted by Gasteiger charge is 2.19. The SMILES string of the molecule is Cc1cc(C[C@H](CCCCNCc2ccccn2)C(=O)NO)cc(C)c1F. The molecule has 2 aromatic rings. The molecule has 6 heteroatoms. The number of carbonyl (C=O) groups excluding carboxylic acids is 1. The largest absolute Gasteiger partial charge is 0.311 e. The van der Waals surface area contributed by atoms with Crippen molar-refractivity contribution >= 4 is 5.91 Å². The number of rotatable bonds is 10. The lowest BCUT2D eigenvalue weighted by Crippen LogP contribution is -2.29. The Morgan fingerprint density at radius 3 is 2.59 bits per heavy atom. The zero-order valence-electron chi connectivity index (χ0n) is 16.0. The number of amides is 1. The topological polar surface area (TPSA) is 74.2 Å². The van der Waals surface area contributed by atoms with Crippen LogP contribution in [0.2, 0.25) is 0 Å². The summed E-state index contributed by atoms with van der Waals surface area (Å²) in [4.78, 5) is 16.3. The molecule has 0 saturated carbocycles. The van der Waals surface area contributed by atoms with Gasteiger partial charge in [-0.05, 0) is 68.5 Å². The third-order valence-corrected chi connectivity index (χ3v) is 4.65. The van der Waals surface area contributed by atoms with Gasteiger partial charge < -0.3 is 5.32 Å². The molecule has 0 aliphatic rings. The quantitative estimate of drug-likeness (QED) is 0.339. The van der Waals surface area contributed by atoms with Crippen molar-refractivity contribution in [2.24, 2.45) is 5.92 Å². The Bertz CT molecular complexity index is 714. The third kappa shape index (κ3) is 6.73. The molecule has 0 bridgehead atoms. The maximum absolute atomic E-state index is 13.8. The van der Waals surface area contributed by atoms with Crippen LogP contribution >= 0.6 is 0 Å². The number of hydroxylamine groups is 1. The molecule has 1 amide bonds. The first-order valence-corrected chi connectivity index (χ1v) is 9.31. The number of aromatic nitrogens is 1. The van der Waals surface area contributed by atoms with Gasteiger partial charge in [0.15, 0.2) is 0 Å². The number of nitrogens with one attached hydrogen (secondary N) is 2. The van der Waals surface area contributed by atoms with Crippen LogP contribution in [0.25, 0.3) is 0 Å². The van der Waals surface area contributed by atoms with Crippen molar-refractivity contribution in [1.82, 2.24) is 15.8 Å². The van der Waals surface area contributed by atoms with Crippen molar-refractivity contribution in [2.75, 3.05) is 6.54 Å². The van der Waals surface area contributed by atoms with E-state index in [4.69, 9.17) is 5.21 Å². The molecular weight excluding hydrogens is 345 g/mol. The second-order valence-electron chi connectivity index (χ2n) is 6.91. The van der Waals surface area contributed by atoms with E-state index in [9.17, 15) is 9.18 Å². The Morgan fingerprint density at radius 1 is 1.22 bits per heavy atom. The van der Waals surface area contributed by atoms with Gasteiger partial charge in [-0.3, -0.25) is 15.0 Å². The van der Waals surface area contributed by atoms with Crippen LogP contribution in [0.5, 0.6) is 0 Å². The summed E-state index contributed by atoms with van der Waals surface area (Å²) in [6, 6.07) is 9.37. The zero-order valence-corrected chi connectivity index (χ0v) is 16.0. The number of carbonyl (C=O) groups is 1. The number of halogens is 1. The fraction of sp³-hybridized carbons (Fsp3) is 0.429. The molecule has 146 valence electrons. The van der Waals surface area contributed by atoms with Crippen LogP contribution in [-0.4, -0.2) is 22.6 Å². The maximum atomic E-state index is 13.8. The van der Waals surface area contributed by atoms with Crippen LogP contribution in [-0.2, 0) is 17.8 Å². The van der Waals surface area contributed by atoms with Gasteiger partial charge in [-0.25, -0.2) is 9.87 Å². The molecule has 0 saturated heterocycles. The van der Waals surface area contributed by atoms with E-state index in [1.807, 2.05) is 18.2 Å². The summed E-state index contributed by atoms with van der Waals surface area (Å²) >= 11 is 0. The first-order valence-electron chi connectivity index (χ1n) is 9.31. The van der Waals surface area contributed by atoms with Gasteiger partial charge in [-0.1, -0.05) is 24.6 Å². The lowest BCUT2D eigenvalue weighted by Gasteiger charge is -2.16. The van der Waals surface area contributed by atoms with Gasteiger partial charge in [-0.15, -0.1) is 0 Å². The van der Waals surface area contributed by atoms with E-state index in [2.05, 4.69) is 10.3 Å². The zero-order chi connectivity index (χ0) is 19.6. The molecule has 1 aromatic carbocycles. The number of pyridine rings is 1. The molecular formula is C21H28FN3O2. The standard InChI is InChI=1S/C21H28FN3O2/c1-15-11-17(12-16(2)20(15)22)13-18(21(26)25-27)7-3-5-9-23-14-19-8-4-6-10-24-19/h4,6,8,10-12,18,23,27H,3,5,7,9,13-14H2,1-2H3,(H,25,26)/t18-/m0/s1. The van der Waals surface area contributed by atoms with Gasteiger partial charge in [-0.2, -0.15) is 0 Å². The van der Waals surface area contributed by atoms with Crippen molar-refractivity contribution in [2.45, 2.75) is 46.1 Å². The molecule has 1 aromatic heterocycles. The molecule has 1 atom stereocenters. The minimum atomic E-state index is -0.393. The van der Waals surface area contributed by atoms with E-state index in [0.717, 1.165) is 37.2 Å². The summed E-state index contributed by atoms with van der Waals surface area (Å²) in [5.41, 5.74) is 4.82. The molecule has 0 aliphatic carbocycles. The summed E-state index contributed by atoms with van der Waals surface area (Å²) in [6.45, 7) is 4.99. The Kier molecular flexibility index (Phi) is 8.36. The lowest BCUT2D eigenvalue weighted by molar-refractivity contribution is -0.133. The second-order valence-corrected chi connectivity index (χ2v) is 6.91. The van der Waals surface area contributed by atoms with Gasteiger partial charge in [0.25, 0.3) is 0 Å². The van der Waals surface area contributed by atoms with Crippen molar-refractivity contribution in [3.63, 3.8) is 0 Å². The molecule has 0 radical (unpaired) electrons. The maximum Gasteiger partial charge on any atom is 0.246 e. The number of benzene rings is 1. The number of hydrogen-bond donors (Lipinski definition) is 3. The first kappa shape index (κ1) is 21.0. The molecule has 1 heterocycles. The van der Waals surface area contributed by atoms with E-state index in [1.165, 1.54) is 0 Å². The summed E-state index contributed by atoms with van der Waals surface area (Å²) in [7, 11) is 0. The molecule has 0 aliphatic heterocycles. The van der Waals surface area contributed by atoms with Crippen LogP contribution in [0.3, 0.4) is 0 Å². The normalized spacial score (nSPS) is 12.0. The van der Waals surface area contributed by atoms with Crippen LogP contribution in [0.1, 0.15) is 41.6 Å². The predicted octanol–water partition coefficient (Wildman–Crippen LogP) is 3.46. The fourth-order valence-electron chi connectivity index (χ4n) is 3.21. The van der Waals surface area contributed by atoms with E-state index in [-0.39, 0.29) is 11.7 Å². The first-order chi connectivity index (χ1) is 13.0. The number of nitrogens with zero attached hydrogens (tertiary/aromatic N) is 1. The Hall–Kier alpha value is -2.31. The van der Waals surface area contributed by atoms with Gasteiger partial charge >= 0.3 is 0 Å². The van der Waals surface area contributed by atoms with Crippen LogP contribution in [0, 0.1) is 25.6 Å². The van der Waals surface area contributed by atoms with E-state index < -0.39 is 5.91 Å². The van der Waals surface area contributed by atoms with Gasteiger partial charge in [0, 0.05) is 18.7 Å². The molecule has 0 spiro atoms. The van der Waals surface area contributed by atoms with Crippen molar-refractivity contribution in [3.05, 3.63) is 64.7 Å². The molecule has 27 heavy (non-hydrogen) atoms. The van der Waals surface area contributed by atoms with E-state index >= 15 is 0 Å². The molecule has 5 nitrogen and oxygen atoms in total. The number of hydrogen-bond acceptors (Lipinski definition) is 4. The number of aryl methyl sites for hydroxylation is 2. The molecule has 0 unspecified atom stereocenters. The van der Waals surface area contributed by atoms with Gasteiger partial charge in [0.1, 0.15) is 5.82 Å². The van der Waals surface area contributed by atoms with Crippen LogP contribution in [0.4, 0.5) is 4.39 Å². The van der Waals surface area contributed by atoms with Crippen LogP contribution < -0.4 is 10.8 Å². The second kappa shape index (κ2) is 10.7. The summed E-state index contributed by atoms with van der Waals surface area (Å²) in [6.07, 6.45) is 4.69. The summed E-state index contributed by atoms with van der Waals surface area (Å²) in [5, 5.41) is 12.4. The smallest absolute Gasteiger partial charge is 0.246 e. The Labute approximate surface area is 160 Å². The fourth-order valence-corrected chi connectivity index (χ4v) is 3.21. The van der Waals surface area contributed by atoms with Crippen molar-refractivity contribution < 1.29 is 14.4 Å². The highest BCUT2D eigenvalue weighted by molar-refractivity contribution is 5.77. The third-order valence-electron chi connectivity index (χ3n) is 4.65. The average Bonchev–Trinajstić information content (AvgIpc) is 2.67. The molecule has 0 fully saturated rings. The molecule has 2 rings (SSSR count). The van der Waals surface area contributed by atoms with Gasteiger partial charge in [0.05, 0.1) is 5.69 Å². The van der Waals surface area contributed by atoms with Crippen molar-refractivity contribution in [3.8, 4) is 0 Å². The van der Waals surface area contributed by atoms with Crippen molar-refractivity contribution in [1.29, 1.82) is 0 Å². The highest BCUT2D eigenvalue weighted by Crippen LogP contribution is 2.20.